The Morgan fingerprint density at radius 3 is 2.62 bits per heavy atom. The van der Waals surface area contributed by atoms with Gasteiger partial charge in [0.15, 0.2) is 18.1 Å². The molecule has 26 heavy (non-hydrogen) atoms. The van der Waals surface area contributed by atoms with E-state index in [1.54, 1.807) is 0 Å². The number of benzene rings is 2. The smallest absolute Gasteiger partial charge is 0.262 e. The molecule has 0 aliphatic heterocycles. The number of aliphatic hydroxyl groups is 1. The maximum atomic E-state index is 12.0. The molecule has 0 unspecified atom stereocenters. The fourth-order valence-electron chi connectivity index (χ4n) is 2.35. The fraction of sp³-hybridized carbons (Fsp3) is 0.350. The minimum atomic E-state index is -0.228. The number of anilines is 1. The predicted octanol–water partition coefficient (Wildman–Crippen LogP) is 2.57. The minimum Gasteiger partial charge on any atom is -0.490 e. The van der Waals surface area contributed by atoms with Crippen LogP contribution in [0.5, 0.6) is 11.5 Å². The van der Waals surface area contributed by atoms with Crippen LogP contribution in [0.3, 0.4) is 0 Å². The molecule has 0 fully saturated rings. The highest BCUT2D eigenvalue weighted by Gasteiger charge is 2.09. The molecule has 0 saturated heterocycles. The van der Waals surface area contributed by atoms with Crippen molar-refractivity contribution in [1.29, 1.82) is 0 Å². The number of para-hydroxylation sites is 1. The monoisotopic (exact) mass is 358 g/mol. The summed E-state index contributed by atoms with van der Waals surface area (Å²) in [6, 6.07) is 14.9. The number of carbonyl (C=O) groups excluding carboxylic acids is 1. The molecule has 3 N–H and O–H groups in total. The molecule has 0 aliphatic carbocycles. The van der Waals surface area contributed by atoms with E-state index in [4.69, 9.17) is 14.6 Å². The summed E-state index contributed by atoms with van der Waals surface area (Å²) in [6.07, 6.45) is 0.718. The molecule has 6 heteroatoms. The van der Waals surface area contributed by atoms with Crippen LogP contribution in [0.1, 0.15) is 18.9 Å². The third-order valence-corrected chi connectivity index (χ3v) is 3.57. The Kier molecular flexibility index (Phi) is 8.45. The van der Waals surface area contributed by atoms with Crippen LogP contribution in [0.4, 0.5) is 5.69 Å². The first-order valence-corrected chi connectivity index (χ1v) is 8.78. The summed E-state index contributed by atoms with van der Waals surface area (Å²) in [5.41, 5.74) is 1.78. The van der Waals surface area contributed by atoms with Gasteiger partial charge in [0.2, 0.25) is 0 Å². The zero-order valence-electron chi connectivity index (χ0n) is 15.0. The molecule has 6 nitrogen and oxygen atoms in total. The molecule has 0 bridgehead atoms. The number of hydrogen-bond acceptors (Lipinski definition) is 5. The van der Waals surface area contributed by atoms with Gasteiger partial charge in [0.1, 0.15) is 0 Å². The summed E-state index contributed by atoms with van der Waals surface area (Å²) < 4.78 is 11.3. The van der Waals surface area contributed by atoms with Crippen molar-refractivity contribution in [3.05, 3.63) is 54.1 Å². The lowest BCUT2D eigenvalue weighted by atomic mass is 10.2. The summed E-state index contributed by atoms with van der Waals surface area (Å²) in [5, 5.41) is 14.8. The maximum absolute atomic E-state index is 12.0. The molecule has 0 atom stereocenters. The van der Waals surface area contributed by atoms with Crippen molar-refractivity contribution < 1.29 is 19.4 Å². The highest BCUT2D eigenvalue weighted by atomic mass is 16.5. The van der Waals surface area contributed by atoms with E-state index < -0.39 is 0 Å². The lowest BCUT2D eigenvalue weighted by molar-refractivity contribution is -0.118. The summed E-state index contributed by atoms with van der Waals surface area (Å²) in [5.74, 6) is 0.920. The van der Waals surface area contributed by atoms with Crippen LogP contribution in [-0.4, -0.2) is 37.4 Å². The van der Waals surface area contributed by atoms with Gasteiger partial charge in [-0.2, -0.15) is 0 Å². The van der Waals surface area contributed by atoms with Gasteiger partial charge in [-0.15, -0.1) is 0 Å². The Morgan fingerprint density at radius 2 is 1.88 bits per heavy atom. The first-order valence-electron chi connectivity index (χ1n) is 8.78. The van der Waals surface area contributed by atoms with E-state index in [-0.39, 0.29) is 19.1 Å². The Balaban J connectivity index is 1.91. The highest BCUT2D eigenvalue weighted by molar-refractivity contribution is 5.91. The van der Waals surface area contributed by atoms with E-state index in [0.717, 1.165) is 24.2 Å². The SMILES string of the molecule is CCOc1cc(CNCCCO)ccc1OCC(=O)Nc1ccccc1. The van der Waals surface area contributed by atoms with Crippen LogP contribution in [-0.2, 0) is 11.3 Å². The number of amides is 1. The molecular weight excluding hydrogens is 332 g/mol. The number of rotatable bonds is 11. The normalized spacial score (nSPS) is 10.4. The number of nitrogens with one attached hydrogen (secondary N) is 2. The van der Waals surface area contributed by atoms with Gasteiger partial charge in [0, 0.05) is 18.8 Å². The van der Waals surface area contributed by atoms with Crippen molar-refractivity contribution in [3.8, 4) is 11.5 Å². The second kappa shape index (κ2) is 11.1. The lowest BCUT2D eigenvalue weighted by Gasteiger charge is -2.14. The molecule has 2 aromatic carbocycles. The average Bonchev–Trinajstić information content (AvgIpc) is 2.65. The topological polar surface area (TPSA) is 79.8 Å². The van der Waals surface area contributed by atoms with Crippen LogP contribution >= 0.6 is 0 Å². The molecule has 140 valence electrons. The molecule has 0 heterocycles. The third kappa shape index (κ3) is 6.74. The minimum absolute atomic E-state index is 0.0942. The quantitative estimate of drug-likeness (QED) is 0.538. The van der Waals surface area contributed by atoms with E-state index in [1.165, 1.54) is 0 Å². The summed E-state index contributed by atoms with van der Waals surface area (Å²) >= 11 is 0. The molecule has 2 aromatic rings. The molecule has 0 aromatic heterocycles. The fourth-order valence-corrected chi connectivity index (χ4v) is 2.35. The summed E-state index contributed by atoms with van der Waals surface area (Å²) in [4.78, 5) is 12.0. The first-order chi connectivity index (χ1) is 12.7. The standard InChI is InChI=1S/C20H26N2O4/c1-2-25-19-13-16(14-21-11-6-12-23)9-10-18(19)26-15-20(24)22-17-7-4-3-5-8-17/h3-5,7-10,13,21,23H,2,6,11-12,14-15H2,1H3,(H,22,24). The second-order valence-electron chi connectivity index (χ2n) is 5.67. The van der Waals surface area contributed by atoms with Gasteiger partial charge in [-0.3, -0.25) is 4.79 Å². The molecule has 1 amide bonds. The highest BCUT2D eigenvalue weighted by Crippen LogP contribution is 2.28. The number of carbonyl (C=O) groups is 1. The number of hydrogen-bond donors (Lipinski definition) is 3. The Labute approximate surface area is 154 Å². The van der Waals surface area contributed by atoms with Crippen LogP contribution in [0, 0.1) is 0 Å². The molecule has 0 aliphatic rings. The molecular formula is C20H26N2O4. The molecule has 0 radical (unpaired) electrons. The van der Waals surface area contributed by atoms with Crippen molar-refractivity contribution in [2.24, 2.45) is 0 Å². The average molecular weight is 358 g/mol. The van der Waals surface area contributed by atoms with Crippen molar-refractivity contribution in [3.63, 3.8) is 0 Å². The van der Waals surface area contributed by atoms with Crippen molar-refractivity contribution >= 4 is 11.6 Å². The van der Waals surface area contributed by atoms with E-state index in [9.17, 15) is 4.79 Å². The van der Waals surface area contributed by atoms with Gasteiger partial charge in [-0.1, -0.05) is 24.3 Å². The molecule has 0 saturated carbocycles. The van der Waals surface area contributed by atoms with Gasteiger partial charge >= 0.3 is 0 Å². The zero-order valence-corrected chi connectivity index (χ0v) is 15.0. The lowest BCUT2D eigenvalue weighted by Crippen LogP contribution is -2.20. The molecule has 0 spiro atoms. The van der Waals surface area contributed by atoms with Crippen LogP contribution < -0.4 is 20.1 Å². The van der Waals surface area contributed by atoms with Crippen LogP contribution in [0.2, 0.25) is 0 Å². The van der Waals surface area contributed by atoms with Crippen LogP contribution in [0.15, 0.2) is 48.5 Å². The van der Waals surface area contributed by atoms with E-state index in [2.05, 4.69) is 10.6 Å². The molecule has 2 rings (SSSR count). The van der Waals surface area contributed by atoms with E-state index >= 15 is 0 Å². The van der Waals surface area contributed by atoms with E-state index in [0.29, 0.717) is 24.7 Å². The van der Waals surface area contributed by atoms with Crippen LogP contribution in [0.25, 0.3) is 0 Å². The van der Waals surface area contributed by atoms with Gasteiger partial charge in [-0.25, -0.2) is 0 Å². The van der Waals surface area contributed by atoms with Gasteiger partial charge in [0.05, 0.1) is 6.61 Å². The van der Waals surface area contributed by atoms with Gasteiger partial charge < -0.3 is 25.2 Å². The Morgan fingerprint density at radius 1 is 1.08 bits per heavy atom. The largest absolute Gasteiger partial charge is 0.490 e. The van der Waals surface area contributed by atoms with Crippen molar-refractivity contribution in [2.45, 2.75) is 19.9 Å². The summed E-state index contributed by atoms with van der Waals surface area (Å²) in [6.45, 7) is 3.91. The predicted molar refractivity (Wildman–Crippen MR) is 102 cm³/mol. The third-order valence-electron chi connectivity index (χ3n) is 3.57. The van der Waals surface area contributed by atoms with E-state index in [1.807, 2.05) is 55.5 Å². The maximum Gasteiger partial charge on any atom is 0.262 e. The van der Waals surface area contributed by atoms with Crippen molar-refractivity contribution in [2.75, 3.05) is 31.7 Å². The van der Waals surface area contributed by atoms with Gasteiger partial charge in [-0.05, 0) is 49.7 Å². The Hall–Kier alpha value is -2.57. The van der Waals surface area contributed by atoms with Gasteiger partial charge in [0.25, 0.3) is 5.91 Å². The summed E-state index contributed by atoms with van der Waals surface area (Å²) in [7, 11) is 0. The number of ether oxygens (including phenoxy) is 2. The number of aliphatic hydroxyl groups excluding tert-OH is 1. The zero-order chi connectivity index (χ0) is 18.6. The Bertz CT molecular complexity index is 677. The second-order valence-corrected chi connectivity index (χ2v) is 5.67. The first kappa shape index (κ1) is 19.8. The van der Waals surface area contributed by atoms with Crippen molar-refractivity contribution in [1.82, 2.24) is 5.32 Å².